The van der Waals surface area contributed by atoms with E-state index >= 15 is 0 Å². The number of rotatable bonds is 2. The molecule has 1 N–H and O–H groups in total. The molecule has 0 amide bonds. The van der Waals surface area contributed by atoms with Crippen molar-refractivity contribution in [1.29, 1.82) is 0 Å². The molecule has 2 heterocycles. The van der Waals surface area contributed by atoms with E-state index < -0.39 is 0 Å². The largest absolute Gasteiger partial charge is 0.345 e. The van der Waals surface area contributed by atoms with Crippen LogP contribution in [0.5, 0.6) is 0 Å². The number of nitrogens with one attached hydrogen (secondary N) is 1. The molecule has 1 fully saturated rings. The molecule has 1 aromatic carbocycles. The second-order valence-electron chi connectivity index (χ2n) is 3.79. The van der Waals surface area contributed by atoms with Crippen molar-refractivity contribution in [3.8, 4) is 11.3 Å². The highest BCUT2D eigenvalue weighted by molar-refractivity contribution is 5.59. The van der Waals surface area contributed by atoms with Crippen molar-refractivity contribution in [1.82, 2.24) is 10.2 Å². The topological polar surface area (TPSA) is 47.1 Å². The second kappa shape index (κ2) is 4.27. The van der Waals surface area contributed by atoms with Crippen LogP contribution in [0.3, 0.4) is 0 Å². The average molecular weight is 234 g/mol. The van der Waals surface area contributed by atoms with Gasteiger partial charge in [0.05, 0.1) is 24.6 Å². The highest BCUT2D eigenvalue weighted by atomic mass is 19.1. The Morgan fingerprint density at radius 3 is 2.59 bits per heavy atom. The van der Waals surface area contributed by atoms with Crippen molar-refractivity contribution in [2.24, 2.45) is 0 Å². The fourth-order valence-corrected chi connectivity index (χ4v) is 1.76. The summed E-state index contributed by atoms with van der Waals surface area (Å²) in [6.07, 6.45) is -0.364. The van der Waals surface area contributed by atoms with Crippen molar-refractivity contribution in [2.75, 3.05) is 13.2 Å². The van der Waals surface area contributed by atoms with Gasteiger partial charge in [0, 0.05) is 5.56 Å². The number of halogens is 1. The summed E-state index contributed by atoms with van der Waals surface area (Å²) in [4.78, 5) is 0. The highest BCUT2D eigenvalue weighted by Gasteiger charge is 2.20. The van der Waals surface area contributed by atoms with Crippen LogP contribution in [0.15, 0.2) is 30.3 Å². The number of benzene rings is 1. The summed E-state index contributed by atoms with van der Waals surface area (Å²) in [5.74, 6) is -0.257. The molecule has 2 aromatic rings. The van der Waals surface area contributed by atoms with Crippen LogP contribution in [0.4, 0.5) is 4.39 Å². The fraction of sp³-hybridized carbons (Fsp3) is 0.250. The summed E-state index contributed by atoms with van der Waals surface area (Å²) in [6.45, 7) is 1.19. The molecule has 1 aliphatic heterocycles. The maximum Gasteiger partial charge on any atom is 0.200 e. The van der Waals surface area contributed by atoms with Crippen molar-refractivity contribution < 1.29 is 13.9 Å². The van der Waals surface area contributed by atoms with Gasteiger partial charge in [-0.1, -0.05) is 0 Å². The molecule has 0 spiro atoms. The molecule has 3 rings (SSSR count). The first kappa shape index (κ1) is 10.4. The number of H-pyrrole nitrogens is 1. The predicted molar refractivity (Wildman–Crippen MR) is 58.6 cm³/mol. The summed E-state index contributed by atoms with van der Waals surface area (Å²) >= 11 is 0. The fourth-order valence-electron chi connectivity index (χ4n) is 1.76. The number of aromatic nitrogens is 2. The standard InChI is InChI=1S/C12H11FN2O2/c13-9-3-1-8(2-4-9)10-7-11(15-14-10)12-16-5-6-17-12/h1-4,7,12H,5-6H2,(H,14,15). The van der Waals surface area contributed by atoms with Crippen LogP contribution in [-0.2, 0) is 9.47 Å². The lowest BCUT2D eigenvalue weighted by Crippen LogP contribution is -1.97. The van der Waals surface area contributed by atoms with Crippen LogP contribution in [0, 0.1) is 5.82 Å². The lowest BCUT2D eigenvalue weighted by Gasteiger charge is -2.03. The molecule has 0 unspecified atom stereocenters. The molecule has 88 valence electrons. The Morgan fingerprint density at radius 2 is 1.88 bits per heavy atom. The summed E-state index contributed by atoms with van der Waals surface area (Å²) in [6, 6.07) is 8.04. The van der Waals surface area contributed by atoms with Gasteiger partial charge in [-0.15, -0.1) is 0 Å². The van der Waals surface area contributed by atoms with E-state index in [0.29, 0.717) is 13.2 Å². The van der Waals surface area contributed by atoms with Crippen LogP contribution in [0.1, 0.15) is 12.0 Å². The SMILES string of the molecule is Fc1ccc(-c2cc(C3OCCO3)[nH]n2)cc1. The number of ether oxygens (including phenoxy) is 2. The van der Waals surface area contributed by atoms with Gasteiger partial charge in [-0.05, 0) is 30.3 Å². The minimum absolute atomic E-state index is 0.257. The molecule has 17 heavy (non-hydrogen) atoms. The van der Waals surface area contributed by atoms with Crippen LogP contribution < -0.4 is 0 Å². The number of hydrogen-bond donors (Lipinski definition) is 1. The van der Waals surface area contributed by atoms with Gasteiger partial charge >= 0.3 is 0 Å². The zero-order valence-electron chi connectivity index (χ0n) is 9.02. The Hall–Kier alpha value is -1.72. The van der Waals surface area contributed by atoms with Gasteiger partial charge in [-0.3, -0.25) is 5.10 Å². The summed E-state index contributed by atoms with van der Waals surface area (Å²) < 4.78 is 23.5. The van der Waals surface area contributed by atoms with E-state index in [1.54, 1.807) is 12.1 Å². The third-order valence-corrected chi connectivity index (χ3v) is 2.61. The highest BCUT2D eigenvalue weighted by Crippen LogP contribution is 2.25. The van der Waals surface area contributed by atoms with Crippen molar-refractivity contribution in [3.63, 3.8) is 0 Å². The van der Waals surface area contributed by atoms with Crippen molar-refractivity contribution >= 4 is 0 Å². The zero-order valence-corrected chi connectivity index (χ0v) is 9.02. The molecule has 1 saturated heterocycles. The zero-order chi connectivity index (χ0) is 11.7. The molecule has 0 aliphatic carbocycles. The van der Waals surface area contributed by atoms with Gasteiger partial charge in [-0.25, -0.2) is 4.39 Å². The third kappa shape index (κ3) is 2.07. The number of nitrogens with zero attached hydrogens (tertiary/aromatic N) is 1. The van der Waals surface area contributed by atoms with E-state index in [4.69, 9.17) is 9.47 Å². The molecule has 5 heteroatoms. The van der Waals surface area contributed by atoms with Crippen LogP contribution >= 0.6 is 0 Å². The Labute approximate surface area is 97.4 Å². The first-order valence-corrected chi connectivity index (χ1v) is 5.37. The van der Waals surface area contributed by atoms with Crippen LogP contribution in [0.25, 0.3) is 11.3 Å². The molecule has 1 aliphatic rings. The number of hydrogen-bond acceptors (Lipinski definition) is 3. The van der Waals surface area contributed by atoms with E-state index in [-0.39, 0.29) is 12.1 Å². The maximum atomic E-state index is 12.8. The van der Waals surface area contributed by atoms with Gasteiger partial charge in [0.2, 0.25) is 6.29 Å². The van der Waals surface area contributed by atoms with Crippen LogP contribution in [-0.4, -0.2) is 23.4 Å². The molecule has 0 atom stereocenters. The van der Waals surface area contributed by atoms with E-state index in [1.807, 2.05) is 6.07 Å². The smallest absolute Gasteiger partial charge is 0.200 e. The molecule has 0 radical (unpaired) electrons. The molecular formula is C12H11FN2O2. The Bertz CT molecular complexity index is 503. The molecule has 0 bridgehead atoms. The molecule has 4 nitrogen and oxygen atoms in total. The monoisotopic (exact) mass is 234 g/mol. The maximum absolute atomic E-state index is 12.8. The summed E-state index contributed by atoms with van der Waals surface area (Å²) in [5.41, 5.74) is 2.38. The molecule has 0 saturated carbocycles. The average Bonchev–Trinajstić information content (AvgIpc) is 3.00. The molecule has 1 aromatic heterocycles. The minimum atomic E-state index is -0.364. The van der Waals surface area contributed by atoms with Crippen molar-refractivity contribution in [2.45, 2.75) is 6.29 Å². The first-order valence-electron chi connectivity index (χ1n) is 5.37. The van der Waals surface area contributed by atoms with Gasteiger partial charge in [0.25, 0.3) is 0 Å². The van der Waals surface area contributed by atoms with Gasteiger partial charge < -0.3 is 9.47 Å². The minimum Gasteiger partial charge on any atom is -0.345 e. The first-order chi connectivity index (χ1) is 8.33. The van der Waals surface area contributed by atoms with Gasteiger partial charge in [0.1, 0.15) is 5.82 Å². The lowest BCUT2D eigenvalue weighted by molar-refractivity contribution is -0.0473. The quantitative estimate of drug-likeness (QED) is 0.867. The van der Waals surface area contributed by atoms with Crippen LogP contribution in [0.2, 0.25) is 0 Å². The van der Waals surface area contributed by atoms with E-state index in [9.17, 15) is 4.39 Å². The van der Waals surface area contributed by atoms with Crippen molar-refractivity contribution in [3.05, 3.63) is 41.8 Å². The van der Waals surface area contributed by atoms with E-state index in [0.717, 1.165) is 17.0 Å². The number of aromatic amines is 1. The molecular weight excluding hydrogens is 223 g/mol. The Balaban J connectivity index is 1.86. The Kier molecular flexibility index (Phi) is 2.62. The summed E-state index contributed by atoms with van der Waals surface area (Å²) in [5, 5.41) is 7.02. The van der Waals surface area contributed by atoms with E-state index in [1.165, 1.54) is 12.1 Å². The van der Waals surface area contributed by atoms with Gasteiger partial charge in [-0.2, -0.15) is 5.10 Å². The summed E-state index contributed by atoms with van der Waals surface area (Å²) in [7, 11) is 0. The second-order valence-corrected chi connectivity index (χ2v) is 3.79. The normalized spacial score (nSPS) is 16.5. The van der Waals surface area contributed by atoms with E-state index in [2.05, 4.69) is 10.2 Å². The third-order valence-electron chi connectivity index (χ3n) is 2.61. The lowest BCUT2D eigenvalue weighted by atomic mass is 10.1. The Morgan fingerprint density at radius 1 is 1.18 bits per heavy atom. The van der Waals surface area contributed by atoms with Gasteiger partial charge in [0.15, 0.2) is 0 Å². The predicted octanol–water partition coefficient (Wildman–Crippen LogP) is 2.26.